The standard InChI is InChI=1S/C23H29N3O5S/c1-30-19-12-9-17(14-21(19)32(28,29)26-18-10-11-18)23(27)25-22-20(8-5-13-24-22)31-15-16-6-3-2-4-7-16/h5,8-9,12-14,16,18,26H,2-4,6-7,10-11,15H2,1H3,(H,24,25,27). The van der Waals surface area contributed by atoms with Gasteiger partial charge in [0.25, 0.3) is 5.91 Å². The summed E-state index contributed by atoms with van der Waals surface area (Å²) in [7, 11) is -2.40. The summed E-state index contributed by atoms with van der Waals surface area (Å²) in [6, 6.07) is 7.80. The number of benzene rings is 1. The molecule has 1 aromatic carbocycles. The SMILES string of the molecule is COc1ccc(C(=O)Nc2ncccc2OCC2CCCCC2)cc1S(=O)(=O)NC1CC1. The second-order valence-electron chi connectivity index (χ2n) is 8.38. The van der Waals surface area contributed by atoms with Crippen LogP contribution in [0.5, 0.6) is 11.5 Å². The molecule has 172 valence electrons. The van der Waals surface area contributed by atoms with Crippen LogP contribution in [0, 0.1) is 5.92 Å². The maximum atomic E-state index is 12.9. The van der Waals surface area contributed by atoms with Crippen LogP contribution < -0.4 is 19.5 Å². The molecular formula is C23H29N3O5S. The average molecular weight is 460 g/mol. The van der Waals surface area contributed by atoms with E-state index in [2.05, 4.69) is 15.0 Å². The van der Waals surface area contributed by atoms with E-state index in [1.165, 1.54) is 44.6 Å². The lowest BCUT2D eigenvalue weighted by Gasteiger charge is -2.22. The number of hydrogen-bond donors (Lipinski definition) is 2. The predicted molar refractivity (Wildman–Crippen MR) is 121 cm³/mol. The second kappa shape index (κ2) is 9.87. The summed E-state index contributed by atoms with van der Waals surface area (Å²) in [6.07, 6.45) is 9.23. The van der Waals surface area contributed by atoms with Crippen LogP contribution in [0.3, 0.4) is 0 Å². The number of carbonyl (C=O) groups is 1. The van der Waals surface area contributed by atoms with Crippen molar-refractivity contribution >= 4 is 21.7 Å². The highest BCUT2D eigenvalue weighted by Crippen LogP contribution is 2.30. The fraction of sp³-hybridized carbons (Fsp3) is 0.478. The van der Waals surface area contributed by atoms with E-state index in [4.69, 9.17) is 9.47 Å². The number of sulfonamides is 1. The molecule has 0 spiro atoms. The van der Waals surface area contributed by atoms with E-state index in [0.29, 0.717) is 24.1 Å². The fourth-order valence-electron chi connectivity index (χ4n) is 3.85. The Morgan fingerprint density at radius 1 is 1.09 bits per heavy atom. The van der Waals surface area contributed by atoms with Gasteiger partial charge in [0, 0.05) is 17.8 Å². The van der Waals surface area contributed by atoms with E-state index in [0.717, 1.165) is 25.7 Å². The lowest BCUT2D eigenvalue weighted by atomic mass is 9.90. The first-order valence-electron chi connectivity index (χ1n) is 11.1. The van der Waals surface area contributed by atoms with E-state index < -0.39 is 15.9 Å². The Morgan fingerprint density at radius 3 is 2.59 bits per heavy atom. The van der Waals surface area contributed by atoms with Crippen LogP contribution in [0.2, 0.25) is 0 Å². The first-order chi connectivity index (χ1) is 15.5. The van der Waals surface area contributed by atoms with E-state index in [1.54, 1.807) is 18.3 Å². The quantitative estimate of drug-likeness (QED) is 0.592. The highest BCUT2D eigenvalue weighted by atomic mass is 32.2. The molecule has 0 aliphatic heterocycles. The van der Waals surface area contributed by atoms with Crippen LogP contribution in [0.15, 0.2) is 41.4 Å². The number of aromatic nitrogens is 1. The van der Waals surface area contributed by atoms with Crippen molar-refractivity contribution in [2.24, 2.45) is 5.92 Å². The number of anilines is 1. The van der Waals surface area contributed by atoms with Gasteiger partial charge >= 0.3 is 0 Å². The van der Waals surface area contributed by atoms with Gasteiger partial charge in [0.15, 0.2) is 11.6 Å². The summed E-state index contributed by atoms with van der Waals surface area (Å²) in [5.74, 6) is 1.04. The van der Waals surface area contributed by atoms with E-state index >= 15 is 0 Å². The van der Waals surface area contributed by atoms with Gasteiger partial charge in [-0.05, 0) is 61.9 Å². The van der Waals surface area contributed by atoms with Gasteiger partial charge in [0.05, 0.1) is 13.7 Å². The number of nitrogens with zero attached hydrogens (tertiary/aromatic N) is 1. The van der Waals surface area contributed by atoms with Crippen LogP contribution in [0.25, 0.3) is 0 Å². The lowest BCUT2D eigenvalue weighted by Crippen LogP contribution is -2.26. The van der Waals surface area contributed by atoms with Crippen LogP contribution in [-0.4, -0.2) is 39.1 Å². The van der Waals surface area contributed by atoms with Crippen molar-refractivity contribution in [1.82, 2.24) is 9.71 Å². The molecule has 2 aliphatic rings. The van der Waals surface area contributed by atoms with Crippen molar-refractivity contribution in [1.29, 1.82) is 0 Å². The third kappa shape index (κ3) is 5.58. The molecule has 0 unspecified atom stereocenters. The zero-order valence-electron chi connectivity index (χ0n) is 18.2. The Labute approximate surface area is 188 Å². The Hall–Kier alpha value is -2.65. The van der Waals surface area contributed by atoms with Gasteiger partial charge in [-0.1, -0.05) is 19.3 Å². The summed E-state index contributed by atoms with van der Waals surface area (Å²) >= 11 is 0. The molecule has 32 heavy (non-hydrogen) atoms. The van der Waals surface area contributed by atoms with Gasteiger partial charge in [-0.25, -0.2) is 18.1 Å². The van der Waals surface area contributed by atoms with Crippen molar-refractivity contribution < 1.29 is 22.7 Å². The zero-order chi connectivity index (χ0) is 22.6. The minimum atomic E-state index is -3.79. The first-order valence-corrected chi connectivity index (χ1v) is 12.5. The predicted octanol–water partition coefficient (Wildman–Crippen LogP) is 3.74. The lowest BCUT2D eigenvalue weighted by molar-refractivity contribution is 0.102. The first kappa shape index (κ1) is 22.5. The highest BCUT2D eigenvalue weighted by Gasteiger charge is 2.30. The van der Waals surface area contributed by atoms with Crippen molar-refractivity contribution in [2.45, 2.75) is 55.9 Å². The molecule has 2 saturated carbocycles. The normalized spacial score (nSPS) is 17.0. The van der Waals surface area contributed by atoms with Crippen molar-refractivity contribution in [2.75, 3.05) is 19.0 Å². The van der Waals surface area contributed by atoms with Gasteiger partial charge < -0.3 is 14.8 Å². The van der Waals surface area contributed by atoms with E-state index in [9.17, 15) is 13.2 Å². The topological polar surface area (TPSA) is 107 Å². The molecule has 0 atom stereocenters. The van der Waals surface area contributed by atoms with Crippen molar-refractivity contribution in [3.8, 4) is 11.5 Å². The highest BCUT2D eigenvalue weighted by molar-refractivity contribution is 7.89. The van der Waals surface area contributed by atoms with Gasteiger partial charge in [-0.15, -0.1) is 0 Å². The molecule has 1 amide bonds. The average Bonchev–Trinajstić information content (AvgIpc) is 3.62. The number of rotatable bonds is 9. The number of nitrogens with one attached hydrogen (secondary N) is 2. The van der Waals surface area contributed by atoms with Gasteiger partial charge in [-0.2, -0.15) is 0 Å². The van der Waals surface area contributed by atoms with Crippen molar-refractivity contribution in [3.05, 3.63) is 42.1 Å². The molecule has 2 aliphatic carbocycles. The van der Waals surface area contributed by atoms with Crippen LogP contribution in [-0.2, 0) is 10.0 Å². The monoisotopic (exact) mass is 459 g/mol. The molecule has 1 heterocycles. The van der Waals surface area contributed by atoms with E-state index in [1.807, 2.05) is 0 Å². The molecule has 4 rings (SSSR count). The third-order valence-corrected chi connectivity index (χ3v) is 7.36. The van der Waals surface area contributed by atoms with Crippen molar-refractivity contribution in [3.63, 3.8) is 0 Å². The van der Waals surface area contributed by atoms with Gasteiger partial charge in [0.2, 0.25) is 10.0 Å². The maximum Gasteiger partial charge on any atom is 0.256 e. The number of carbonyl (C=O) groups excluding carboxylic acids is 1. The number of hydrogen-bond acceptors (Lipinski definition) is 6. The molecule has 0 saturated heterocycles. The summed E-state index contributed by atoms with van der Waals surface area (Å²) in [5, 5.41) is 2.75. The Morgan fingerprint density at radius 2 is 1.88 bits per heavy atom. The fourth-order valence-corrected chi connectivity index (χ4v) is 5.35. The molecule has 2 N–H and O–H groups in total. The smallest absolute Gasteiger partial charge is 0.256 e. The summed E-state index contributed by atoms with van der Waals surface area (Å²) in [5.41, 5.74) is 0.186. The minimum absolute atomic E-state index is 0.0559. The largest absolute Gasteiger partial charge is 0.495 e. The molecule has 2 aromatic rings. The summed E-state index contributed by atoms with van der Waals surface area (Å²) in [6.45, 7) is 0.590. The Kier molecular flexibility index (Phi) is 6.95. The molecule has 1 aromatic heterocycles. The van der Waals surface area contributed by atoms with E-state index in [-0.39, 0.29) is 22.3 Å². The molecule has 9 heteroatoms. The summed E-state index contributed by atoms with van der Waals surface area (Å²) in [4.78, 5) is 17.1. The molecule has 2 fully saturated rings. The molecule has 8 nitrogen and oxygen atoms in total. The maximum absolute atomic E-state index is 12.9. The third-order valence-electron chi connectivity index (χ3n) is 5.82. The Balaban J connectivity index is 1.50. The second-order valence-corrected chi connectivity index (χ2v) is 10.1. The summed E-state index contributed by atoms with van der Waals surface area (Å²) < 4.78 is 39.3. The number of methoxy groups -OCH3 is 1. The number of amides is 1. The number of pyridine rings is 1. The molecular weight excluding hydrogens is 430 g/mol. The Bertz CT molecular complexity index is 1060. The van der Waals surface area contributed by atoms with Gasteiger partial charge in [-0.3, -0.25) is 4.79 Å². The number of ether oxygens (including phenoxy) is 2. The molecule has 0 bridgehead atoms. The minimum Gasteiger partial charge on any atom is -0.495 e. The van der Waals surface area contributed by atoms with Crippen LogP contribution >= 0.6 is 0 Å². The zero-order valence-corrected chi connectivity index (χ0v) is 19.0. The van der Waals surface area contributed by atoms with Crippen LogP contribution in [0.4, 0.5) is 5.82 Å². The van der Waals surface area contributed by atoms with Crippen LogP contribution in [0.1, 0.15) is 55.3 Å². The molecule has 0 radical (unpaired) electrons. The van der Waals surface area contributed by atoms with Gasteiger partial charge in [0.1, 0.15) is 10.6 Å².